The first-order valence-electron chi connectivity index (χ1n) is 7.17. The van der Waals surface area contributed by atoms with Gasteiger partial charge in [-0.2, -0.15) is 0 Å². The standard InChI is InChI=1S/C15H17N3OS2/c19-13(9-8-12-7-4-10-20-12)16-15-18-17-14(21-15)11-5-2-1-3-6-11/h4,7-11H,1-3,5-6H2,(H,16,18,19)/b9-8+. The maximum Gasteiger partial charge on any atom is 0.250 e. The lowest BCUT2D eigenvalue weighted by molar-refractivity contribution is -0.111. The van der Waals surface area contributed by atoms with Crippen molar-refractivity contribution >= 4 is 39.8 Å². The molecule has 2 heterocycles. The van der Waals surface area contributed by atoms with Crippen LogP contribution in [0.25, 0.3) is 6.08 Å². The smallest absolute Gasteiger partial charge is 0.250 e. The Labute approximate surface area is 131 Å². The number of nitrogens with zero attached hydrogens (tertiary/aromatic N) is 2. The molecule has 3 rings (SSSR count). The second kappa shape index (κ2) is 6.95. The van der Waals surface area contributed by atoms with Crippen molar-refractivity contribution in [2.75, 3.05) is 5.32 Å². The second-order valence-electron chi connectivity index (χ2n) is 5.12. The molecule has 110 valence electrons. The summed E-state index contributed by atoms with van der Waals surface area (Å²) in [6.45, 7) is 0. The molecule has 0 bridgehead atoms. The third-order valence-corrected chi connectivity index (χ3v) is 5.41. The number of thiophene rings is 1. The molecule has 21 heavy (non-hydrogen) atoms. The third-order valence-electron chi connectivity index (χ3n) is 3.57. The van der Waals surface area contributed by atoms with Gasteiger partial charge in [-0.15, -0.1) is 21.5 Å². The highest BCUT2D eigenvalue weighted by molar-refractivity contribution is 7.15. The lowest BCUT2D eigenvalue weighted by Crippen LogP contribution is -2.07. The summed E-state index contributed by atoms with van der Waals surface area (Å²) in [5, 5.41) is 14.7. The molecule has 1 aliphatic carbocycles. The van der Waals surface area contributed by atoms with Crippen LogP contribution in [0.2, 0.25) is 0 Å². The van der Waals surface area contributed by atoms with Crippen molar-refractivity contribution in [1.29, 1.82) is 0 Å². The number of rotatable bonds is 4. The number of carbonyl (C=O) groups excluding carboxylic acids is 1. The number of anilines is 1. The molecule has 1 fully saturated rings. The molecule has 0 radical (unpaired) electrons. The van der Waals surface area contributed by atoms with Crippen LogP contribution in [0.3, 0.4) is 0 Å². The summed E-state index contributed by atoms with van der Waals surface area (Å²) in [6, 6.07) is 3.93. The zero-order chi connectivity index (χ0) is 14.5. The quantitative estimate of drug-likeness (QED) is 0.855. The van der Waals surface area contributed by atoms with E-state index in [9.17, 15) is 4.79 Å². The van der Waals surface area contributed by atoms with Crippen LogP contribution >= 0.6 is 22.7 Å². The Morgan fingerprint density at radius 1 is 1.29 bits per heavy atom. The minimum Gasteiger partial charge on any atom is -0.297 e. The van der Waals surface area contributed by atoms with E-state index >= 15 is 0 Å². The summed E-state index contributed by atoms with van der Waals surface area (Å²) in [5.74, 6) is 0.373. The van der Waals surface area contributed by atoms with Crippen LogP contribution in [0.4, 0.5) is 5.13 Å². The van der Waals surface area contributed by atoms with Crippen LogP contribution in [-0.2, 0) is 4.79 Å². The van der Waals surface area contributed by atoms with Gasteiger partial charge in [0.15, 0.2) is 0 Å². The fourth-order valence-corrected chi connectivity index (χ4v) is 4.02. The first-order valence-corrected chi connectivity index (χ1v) is 8.87. The molecule has 6 heteroatoms. The van der Waals surface area contributed by atoms with Gasteiger partial charge in [-0.3, -0.25) is 10.1 Å². The van der Waals surface area contributed by atoms with E-state index in [1.165, 1.54) is 49.5 Å². The van der Waals surface area contributed by atoms with Crippen molar-refractivity contribution < 1.29 is 4.79 Å². The largest absolute Gasteiger partial charge is 0.297 e. The fraction of sp³-hybridized carbons (Fsp3) is 0.400. The molecule has 1 N–H and O–H groups in total. The zero-order valence-electron chi connectivity index (χ0n) is 11.6. The summed E-state index contributed by atoms with van der Waals surface area (Å²) in [5.41, 5.74) is 0. The van der Waals surface area contributed by atoms with Gasteiger partial charge in [-0.05, 0) is 30.4 Å². The van der Waals surface area contributed by atoms with Gasteiger partial charge >= 0.3 is 0 Å². The topological polar surface area (TPSA) is 54.9 Å². The van der Waals surface area contributed by atoms with E-state index in [2.05, 4.69) is 15.5 Å². The molecule has 1 amide bonds. The van der Waals surface area contributed by atoms with Crippen molar-refractivity contribution in [1.82, 2.24) is 10.2 Å². The highest BCUT2D eigenvalue weighted by Gasteiger charge is 2.19. The Bertz CT molecular complexity index is 613. The molecule has 0 unspecified atom stereocenters. The molecule has 4 nitrogen and oxygen atoms in total. The Kier molecular flexibility index (Phi) is 4.77. The number of hydrogen-bond donors (Lipinski definition) is 1. The maximum atomic E-state index is 11.8. The molecule has 1 aliphatic rings. The molecule has 0 spiro atoms. The average molecular weight is 319 g/mol. The predicted molar refractivity (Wildman–Crippen MR) is 87.7 cm³/mol. The number of aromatic nitrogens is 2. The highest BCUT2D eigenvalue weighted by Crippen LogP contribution is 2.35. The first kappa shape index (κ1) is 14.4. The van der Waals surface area contributed by atoms with E-state index in [4.69, 9.17) is 0 Å². The van der Waals surface area contributed by atoms with E-state index in [-0.39, 0.29) is 5.91 Å². The van der Waals surface area contributed by atoms with Gasteiger partial charge in [0.1, 0.15) is 5.01 Å². The van der Waals surface area contributed by atoms with Gasteiger partial charge < -0.3 is 0 Å². The Morgan fingerprint density at radius 3 is 2.90 bits per heavy atom. The van der Waals surface area contributed by atoms with Gasteiger partial charge in [0.25, 0.3) is 0 Å². The normalized spacial score (nSPS) is 16.4. The molecule has 0 aliphatic heterocycles. The lowest BCUT2D eigenvalue weighted by Gasteiger charge is -2.18. The number of nitrogens with one attached hydrogen (secondary N) is 1. The Morgan fingerprint density at radius 2 is 2.14 bits per heavy atom. The SMILES string of the molecule is O=C(/C=C/c1cccs1)Nc1nnc(C2CCCCC2)s1. The first-order chi connectivity index (χ1) is 10.3. The fourth-order valence-electron chi connectivity index (χ4n) is 2.49. The van der Waals surface area contributed by atoms with Crippen molar-refractivity contribution in [2.24, 2.45) is 0 Å². The van der Waals surface area contributed by atoms with Crippen LogP contribution in [-0.4, -0.2) is 16.1 Å². The van der Waals surface area contributed by atoms with Crippen LogP contribution in [0.5, 0.6) is 0 Å². The van der Waals surface area contributed by atoms with Crippen LogP contribution < -0.4 is 5.32 Å². The Balaban J connectivity index is 1.57. The number of hydrogen-bond acceptors (Lipinski definition) is 5. The minimum absolute atomic E-state index is 0.158. The Hall–Kier alpha value is -1.53. The summed E-state index contributed by atoms with van der Waals surface area (Å²) >= 11 is 3.11. The molecule has 2 aromatic rings. The van der Waals surface area contributed by atoms with Gasteiger partial charge in [-0.1, -0.05) is 36.7 Å². The van der Waals surface area contributed by atoms with Gasteiger partial charge in [0, 0.05) is 16.9 Å². The summed E-state index contributed by atoms with van der Waals surface area (Å²) < 4.78 is 0. The monoisotopic (exact) mass is 319 g/mol. The number of carbonyl (C=O) groups is 1. The van der Waals surface area contributed by atoms with Gasteiger partial charge in [0.05, 0.1) is 0 Å². The van der Waals surface area contributed by atoms with E-state index < -0.39 is 0 Å². The molecular weight excluding hydrogens is 302 g/mol. The maximum absolute atomic E-state index is 11.8. The average Bonchev–Trinajstić information content (AvgIpc) is 3.17. The molecule has 1 saturated carbocycles. The molecule has 0 aromatic carbocycles. The minimum atomic E-state index is -0.158. The molecule has 0 atom stereocenters. The number of amides is 1. The molecule has 0 saturated heterocycles. The third kappa shape index (κ3) is 3.98. The predicted octanol–water partition coefficient (Wildman–Crippen LogP) is 4.30. The highest BCUT2D eigenvalue weighted by atomic mass is 32.1. The van der Waals surface area contributed by atoms with Crippen LogP contribution in [0.15, 0.2) is 23.6 Å². The summed E-state index contributed by atoms with van der Waals surface area (Å²) in [4.78, 5) is 12.9. The van der Waals surface area contributed by atoms with Crippen LogP contribution in [0.1, 0.15) is 47.9 Å². The molecule has 2 aromatic heterocycles. The van der Waals surface area contributed by atoms with Crippen LogP contribution in [0, 0.1) is 0 Å². The summed E-state index contributed by atoms with van der Waals surface area (Å²) in [7, 11) is 0. The van der Waals surface area contributed by atoms with E-state index in [0.717, 1.165) is 9.88 Å². The van der Waals surface area contributed by atoms with Gasteiger partial charge in [-0.25, -0.2) is 0 Å². The van der Waals surface area contributed by atoms with Crippen molar-refractivity contribution in [2.45, 2.75) is 38.0 Å². The zero-order valence-corrected chi connectivity index (χ0v) is 13.3. The lowest BCUT2D eigenvalue weighted by atomic mass is 9.90. The van der Waals surface area contributed by atoms with E-state index in [0.29, 0.717) is 11.0 Å². The van der Waals surface area contributed by atoms with Crippen molar-refractivity contribution in [3.8, 4) is 0 Å². The summed E-state index contributed by atoms with van der Waals surface area (Å²) in [6.07, 6.45) is 9.61. The van der Waals surface area contributed by atoms with E-state index in [1.54, 1.807) is 11.3 Å². The van der Waals surface area contributed by atoms with Crippen molar-refractivity contribution in [3.63, 3.8) is 0 Å². The van der Waals surface area contributed by atoms with Gasteiger partial charge in [0.2, 0.25) is 11.0 Å². The molecular formula is C15H17N3OS2. The van der Waals surface area contributed by atoms with E-state index in [1.807, 2.05) is 23.6 Å². The second-order valence-corrected chi connectivity index (χ2v) is 7.11. The van der Waals surface area contributed by atoms with Crippen molar-refractivity contribution in [3.05, 3.63) is 33.5 Å².